The van der Waals surface area contributed by atoms with Crippen LogP contribution in [0.4, 0.5) is 5.69 Å². The smallest absolute Gasteiger partial charge is 0.348 e. The highest BCUT2D eigenvalue weighted by Crippen LogP contribution is 2.47. The van der Waals surface area contributed by atoms with Crippen molar-refractivity contribution >= 4 is 17.6 Å². The molecule has 0 amide bonds. The largest absolute Gasteiger partial charge is 0.419 e. The van der Waals surface area contributed by atoms with Gasteiger partial charge in [-0.05, 0) is 43.0 Å². The average Bonchev–Trinajstić information content (AvgIpc) is 3.20. The lowest BCUT2D eigenvalue weighted by atomic mass is 9.83. The molecule has 2 fully saturated rings. The van der Waals surface area contributed by atoms with Crippen LogP contribution in [0.3, 0.4) is 0 Å². The van der Waals surface area contributed by atoms with E-state index < -0.39 is 17.7 Å². The van der Waals surface area contributed by atoms with E-state index in [1.165, 1.54) is 11.3 Å². The standard InChI is InChI=1S/C24H29NO4/c1-4-5-16-25-19-11-7-6-10-18(19)23(2,3)20(25)13-12-17-21(26)28-24(29-22(17)27)14-8-9-15-24/h6-7,10-13H,4-5,8-9,14-16H2,1-3H3/b20-13+. The number of esters is 2. The summed E-state index contributed by atoms with van der Waals surface area (Å²) in [4.78, 5) is 27.4. The van der Waals surface area contributed by atoms with Crippen LogP contribution in [0.2, 0.25) is 0 Å². The van der Waals surface area contributed by atoms with Crippen molar-refractivity contribution in [3.8, 4) is 0 Å². The number of nitrogens with zero attached hydrogens (tertiary/aromatic N) is 1. The van der Waals surface area contributed by atoms with E-state index in [-0.39, 0.29) is 11.0 Å². The molecule has 154 valence electrons. The molecular weight excluding hydrogens is 366 g/mol. The third-order valence-corrected chi connectivity index (χ3v) is 6.31. The van der Waals surface area contributed by atoms with E-state index >= 15 is 0 Å². The number of fused-ring (bicyclic) bond motifs is 1. The number of benzene rings is 1. The Hall–Kier alpha value is -2.56. The first-order valence-electron chi connectivity index (χ1n) is 10.6. The van der Waals surface area contributed by atoms with Gasteiger partial charge in [-0.25, -0.2) is 9.59 Å². The van der Waals surface area contributed by atoms with Gasteiger partial charge in [-0.1, -0.05) is 45.4 Å². The maximum absolute atomic E-state index is 12.6. The molecule has 2 aliphatic heterocycles. The Bertz CT molecular complexity index is 868. The van der Waals surface area contributed by atoms with Crippen LogP contribution >= 0.6 is 0 Å². The van der Waals surface area contributed by atoms with Crippen molar-refractivity contribution < 1.29 is 19.1 Å². The van der Waals surface area contributed by atoms with Crippen LogP contribution in [-0.4, -0.2) is 24.3 Å². The van der Waals surface area contributed by atoms with Gasteiger partial charge in [0.25, 0.3) is 5.79 Å². The van der Waals surface area contributed by atoms with Crippen molar-refractivity contribution in [3.05, 3.63) is 53.3 Å². The number of anilines is 1. The van der Waals surface area contributed by atoms with Crippen LogP contribution in [0.5, 0.6) is 0 Å². The summed E-state index contributed by atoms with van der Waals surface area (Å²) < 4.78 is 11.1. The second-order valence-electron chi connectivity index (χ2n) is 8.68. The molecule has 5 heteroatoms. The second-order valence-corrected chi connectivity index (χ2v) is 8.68. The average molecular weight is 395 g/mol. The SMILES string of the molecule is CCCCN1/C(=C/C=C2C(=O)OC3(CCCC3)OC2=O)C(C)(C)c2ccccc21. The quantitative estimate of drug-likeness (QED) is 0.418. The molecule has 0 aromatic heterocycles. The molecule has 0 atom stereocenters. The lowest BCUT2D eigenvalue weighted by molar-refractivity contribution is -0.232. The summed E-state index contributed by atoms with van der Waals surface area (Å²) in [6, 6.07) is 8.38. The fourth-order valence-electron chi connectivity index (χ4n) is 4.67. The minimum Gasteiger partial charge on any atom is -0.419 e. The van der Waals surface area contributed by atoms with Crippen molar-refractivity contribution in [2.45, 2.75) is 70.5 Å². The minimum absolute atomic E-state index is 0.0303. The van der Waals surface area contributed by atoms with Gasteiger partial charge in [0.1, 0.15) is 5.57 Å². The van der Waals surface area contributed by atoms with E-state index in [1.54, 1.807) is 6.08 Å². The van der Waals surface area contributed by atoms with E-state index in [9.17, 15) is 9.59 Å². The molecule has 29 heavy (non-hydrogen) atoms. The van der Waals surface area contributed by atoms with Gasteiger partial charge in [-0.2, -0.15) is 0 Å². The summed E-state index contributed by atoms with van der Waals surface area (Å²) in [6.07, 6.45) is 8.61. The molecular formula is C24H29NO4. The molecule has 0 unspecified atom stereocenters. The Balaban J connectivity index is 1.67. The van der Waals surface area contributed by atoms with Crippen LogP contribution < -0.4 is 4.90 Å². The number of carbonyl (C=O) groups is 2. The molecule has 1 saturated heterocycles. The number of para-hydroxylation sites is 1. The summed E-state index contributed by atoms with van der Waals surface area (Å²) in [5.41, 5.74) is 3.25. The summed E-state index contributed by atoms with van der Waals surface area (Å²) >= 11 is 0. The van der Waals surface area contributed by atoms with Crippen molar-refractivity contribution in [3.63, 3.8) is 0 Å². The number of allylic oxidation sites excluding steroid dienone is 3. The summed E-state index contributed by atoms with van der Waals surface area (Å²) in [5, 5.41) is 0. The second kappa shape index (κ2) is 7.36. The fraction of sp³-hybridized carbons (Fsp3) is 0.500. The molecule has 4 rings (SSSR count). The van der Waals surface area contributed by atoms with Crippen molar-refractivity contribution in [1.29, 1.82) is 0 Å². The number of unbranched alkanes of at least 4 members (excludes halogenated alkanes) is 1. The predicted molar refractivity (Wildman–Crippen MR) is 111 cm³/mol. The fourth-order valence-corrected chi connectivity index (χ4v) is 4.67. The van der Waals surface area contributed by atoms with Gasteiger partial charge in [-0.15, -0.1) is 0 Å². The lowest BCUT2D eigenvalue weighted by Gasteiger charge is -2.33. The van der Waals surface area contributed by atoms with E-state index in [1.807, 2.05) is 12.1 Å². The van der Waals surface area contributed by atoms with Crippen LogP contribution in [-0.2, 0) is 24.5 Å². The highest BCUT2D eigenvalue weighted by atomic mass is 16.7. The maximum atomic E-state index is 12.6. The zero-order valence-electron chi connectivity index (χ0n) is 17.5. The molecule has 1 saturated carbocycles. The summed E-state index contributed by atoms with van der Waals surface area (Å²) in [7, 11) is 0. The molecule has 1 aromatic rings. The van der Waals surface area contributed by atoms with Crippen molar-refractivity contribution in [2.24, 2.45) is 0 Å². The number of hydrogen-bond donors (Lipinski definition) is 0. The Morgan fingerprint density at radius 3 is 2.34 bits per heavy atom. The molecule has 1 aromatic carbocycles. The number of carbonyl (C=O) groups excluding carboxylic acids is 2. The zero-order valence-corrected chi connectivity index (χ0v) is 17.5. The van der Waals surface area contributed by atoms with Crippen molar-refractivity contribution in [1.82, 2.24) is 0 Å². The van der Waals surface area contributed by atoms with Gasteiger partial charge >= 0.3 is 11.9 Å². The van der Waals surface area contributed by atoms with Crippen molar-refractivity contribution in [2.75, 3.05) is 11.4 Å². The monoisotopic (exact) mass is 395 g/mol. The molecule has 2 heterocycles. The topological polar surface area (TPSA) is 55.8 Å². The minimum atomic E-state index is -1.03. The Morgan fingerprint density at radius 2 is 1.69 bits per heavy atom. The lowest BCUT2D eigenvalue weighted by Crippen LogP contribution is -2.44. The van der Waals surface area contributed by atoms with E-state index in [0.29, 0.717) is 12.8 Å². The zero-order chi connectivity index (χ0) is 20.6. The van der Waals surface area contributed by atoms with Gasteiger partial charge < -0.3 is 14.4 Å². The third kappa shape index (κ3) is 3.37. The predicted octanol–water partition coefficient (Wildman–Crippen LogP) is 4.76. The normalized spacial score (nSPS) is 23.3. The highest BCUT2D eigenvalue weighted by Gasteiger charge is 2.48. The summed E-state index contributed by atoms with van der Waals surface area (Å²) in [5.74, 6) is -2.18. The maximum Gasteiger partial charge on any atom is 0.348 e. The highest BCUT2D eigenvalue weighted by molar-refractivity contribution is 6.15. The van der Waals surface area contributed by atoms with Gasteiger partial charge in [0, 0.05) is 36.2 Å². The van der Waals surface area contributed by atoms with Gasteiger partial charge in [-0.3, -0.25) is 0 Å². The van der Waals surface area contributed by atoms with Gasteiger partial charge in [0.15, 0.2) is 0 Å². The van der Waals surface area contributed by atoms with Crippen LogP contribution in [0.25, 0.3) is 0 Å². The first kappa shape index (κ1) is 19.7. The van der Waals surface area contributed by atoms with E-state index in [2.05, 4.69) is 43.9 Å². The first-order chi connectivity index (χ1) is 13.9. The molecule has 0 radical (unpaired) electrons. The molecule has 0 N–H and O–H groups in total. The summed E-state index contributed by atoms with van der Waals surface area (Å²) in [6.45, 7) is 7.41. The first-order valence-corrected chi connectivity index (χ1v) is 10.6. The van der Waals surface area contributed by atoms with Crippen LogP contribution in [0.15, 0.2) is 47.7 Å². The molecule has 3 aliphatic rings. The Morgan fingerprint density at radius 1 is 1.03 bits per heavy atom. The third-order valence-electron chi connectivity index (χ3n) is 6.31. The number of rotatable bonds is 4. The van der Waals surface area contributed by atoms with Crippen LogP contribution in [0.1, 0.15) is 64.9 Å². The van der Waals surface area contributed by atoms with E-state index in [4.69, 9.17) is 9.47 Å². The number of ether oxygens (including phenoxy) is 2. The Kier molecular flexibility index (Phi) is 5.01. The van der Waals surface area contributed by atoms with E-state index in [0.717, 1.165) is 37.9 Å². The molecule has 1 spiro atoms. The van der Waals surface area contributed by atoms with Gasteiger partial charge in [0.2, 0.25) is 0 Å². The molecule has 5 nitrogen and oxygen atoms in total. The van der Waals surface area contributed by atoms with Crippen LogP contribution in [0, 0.1) is 0 Å². The molecule has 1 aliphatic carbocycles. The molecule has 0 bridgehead atoms. The van der Waals surface area contributed by atoms with Gasteiger partial charge in [0.05, 0.1) is 0 Å². The number of hydrogen-bond acceptors (Lipinski definition) is 5. The Labute approximate surface area is 172 Å².